The number of nitrogens with one attached hydrogen (secondary N) is 2. The molecule has 0 saturated carbocycles. The summed E-state index contributed by atoms with van der Waals surface area (Å²) in [5.41, 5.74) is 3.77. The van der Waals surface area contributed by atoms with Gasteiger partial charge in [-0.15, -0.1) is 0 Å². The number of aromatic amines is 1. The third-order valence-corrected chi connectivity index (χ3v) is 6.63. The van der Waals surface area contributed by atoms with Gasteiger partial charge in [0.15, 0.2) is 0 Å². The van der Waals surface area contributed by atoms with E-state index in [0.717, 1.165) is 38.4 Å². The predicted octanol–water partition coefficient (Wildman–Crippen LogP) is 6.34. The van der Waals surface area contributed by atoms with Gasteiger partial charge in [-0.25, -0.2) is 0 Å². The molecular weight excluding hydrogens is 460 g/mol. The Morgan fingerprint density at radius 2 is 1.66 bits per heavy atom. The molecule has 5 rings (SSSR count). The zero-order valence-electron chi connectivity index (χ0n) is 19.0. The number of aliphatic carboxylic acids is 1. The summed E-state index contributed by atoms with van der Waals surface area (Å²) in [5, 5.41) is 17.0. The van der Waals surface area contributed by atoms with E-state index in [4.69, 9.17) is 16.3 Å². The molecule has 5 nitrogen and oxygen atoms in total. The van der Waals surface area contributed by atoms with Crippen molar-refractivity contribution in [1.29, 1.82) is 0 Å². The van der Waals surface area contributed by atoms with Gasteiger partial charge in [0.2, 0.25) is 0 Å². The van der Waals surface area contributed by atoms with Crippen LogP contribution < -0.4 is 10.1 Å². The van der Waals surface area contributed by atoms with Gasteiger partial charge >= 0.3 is 5.97 Å². The highest BCUT2D eigenvalue weighted by Gasteiger charge is 2.21. The molecule has 0 aliphatic heterocycles. The van der Waals surface area contributed by atoms with Crippen molar-refractivity contribution in [2.24, 2.45) is 0 Å². The van der Waals surface area contributed by atoms with Gasteiger partial charge in [0.25, 0.3) is 0 Å². The topological polar surface area (TPSA) is 74.3 Å². The minimum Gasteiger partial charge on any atom is -0.488 e. The molecule has 1 atom stereocenters. The molecule has 0 bridgehead atoms. The molecule has 0 aliphatic carbocycles. The van der Waals surface area contributed by atoms with Crippen LogP contribution in [0.4, 0.5) is 0 Å². The second-order valence-corrected chi connectivity index (χ2v) is 8.89. The predicted molar refractivity (Wildman–Crippen MR) is 140 cm³/mol. The first-order valence-electron chi connectivity index (χ1n) is 11.5. The lowest BCUT2D eigenvalue weighted by Crippen LogP contribution is -2.38. The second kappa shape index (κ2) is 10.2. The third-order valence-electron chi connectivity index (χ3n) is 6.26. The third kappa shape index (κ3) is 5.02. The monoisotopic (exact) mass is 484 g/mol. The SMILES string of the molecule is O=C(O)[C@H](Cc1c[nH]c2ccccc12)NCc1c(OCc2ccccc2Cl)ccc2ccccc12. The van der Waals surface area contributed by atoms with Gasteiger partial charge in [-0.05, 0) is 34.5 Å². The minimum atomic E-state index is -0.894. The van der Waals surface area contributed by atoms with Crippen LogP contribution in [0.3, 0.4) is 0 Å². The van der Waals surface area contributed by atoms with Gasteiger partial charge in [-0.1, -0.05) is 78.3 Å². The van der Waals surface area contributed by atoms with Crippen molar-refractivity contribution in [2.45, 2.75) is 25.6 Å². The van der Waals surface area contributed by atoms with E-state index in [-0.39, 0.29) is 0 Å². The number of ether oxygens (including phenoxy) is 1. The Hall–Kier alpha value is -3.80. The van der Waals surface area contributed by atoms with E-state index in [1.165, 1.54) is 0 Å². The van der Waals surface area contributed by atoms with Crippen molar-refractivity contribution in [3.63, 3.8) is 0 Å². The molecule has 35 heavy (non-hydrogen) atoms. The van der Waals surface area contributed by atoms with Gasteiger partial charge in [-0.2, -0.15) is 0 Å². The van der Waals surface area contributed by atoms with Gasteiger partial charge in [-0.3, -0.25) is 10.1 Å². The summed E-state index contributed by atoms with van der Waals surface area (Å²) in [6.07, 6.45) is 2.25. The average Bonchev–Trinajstić information content (AvgIpc) is 3.29. The Kier molecular flexibility index (Phi) is 6.70. The quantitative estimate of drug-likeness (QED) is 0.228. The van der Waals surface area contributed by atoms with Gasteiger partial charge in [0, 0.05) is 46.2 Å². The summed E-state index contributed by atoms with van der Waals surface area (Å²) in [6.45, 7) is 0.668. The molecular formula is C29H25ClN2O3. The molecule has 0 amide bonds. The molecule has 0 unspecified atom stereocenters. The van der Waals surface area contributed by atoms with Crippen LogP contribution >= 0.6 is 11.6 Å². The van der Waals surface area contributed by atoms with Crippen LogP contribution in [0, 0.1) is 0 Å². The summed E-state index contributed by atoms with van der Waals surface area (Å²) in [7, 11) is 0. The van der Waals surface area contributed by atoms with E-state index in [1.807, 2.05) is 91.1 Å². The highest BCUT2D eigenvalue weighted by Crippen LogP contribution is 2.30. The van der Waals surface area contributed by atoms with E-state index in [2.05, 4.69) is 10.3 Å². The van der Waals surface area contributed by atoms with Crippen molar-refractivity contribution in [3.8, 4) is 5.75 Å². The molecule has 176 valence electrons. The number of carboxylic acids is 1. The number of hydrogen-bond acceptors (Lipinski definition) is 3. The molecule has 6 heteroatoms. The molecule has 0 aliphatic rings. The number of hydrogen-bond donors (Lipinski definition) is 3. The maximum Gasteiger partial charge on any atom is 0.321 e. The normalized spacial score (nSPS) is 12.1. The number of para-hydroxylation sites is 1. The standard InChI is InChI=1S/C29H25ClN2O3/c30-25-11-5-2-8-20(25)18-35-28-14-13-19-7-1-3-9-22(19)24(28)17-32-27(29(33)34)15-21-16-31-26-12-6-4-10-23(21)26/h1-14,16,27,31-32H,15,17-18H2,(H,33,34)/t27-/m0/s1. The Morgan fingerprint density at radius 1 is 0.914 bits per heavy atom. The molecule has 3 N–H and O–H groups in total. The fourth-order valence-corrected chi connectivity index (χ4v) is 4.59. The maximum atomic E-state index is 12.2. The van der Waals surface area contributed by atoms with Crippen LogP contribution in [0.25, 0.3) is 21.7 Å². The van der Waals surface area contributed by atoms with Gasteiger partial charge in [0.05, 0.1) is 0 Å². The van der Waals surface area contributed by atoms with E-state index >= 15 is 0 Å². The molecule has 0 saturated heterocycles. The molecule has 1 aromatic heterocycles. The summed E-state index contributed by atoms with van der Waals surface area (Å²) >= 11 is 6.31. The molecule has 5 aromatic rings. The first kappa shape index (κ1) is 23.0. The lowest BCUT2D eigenvalue weighted by molar-refractivity contribution is -0.139. The largest absolute Gasteiger partial charge is 0.488 e. The summed E-state index contributed by atoms with van der Waals surface area (Å²) in [5.74, 6) is -0.193. The number of benzene rings is 4. The number of H-pyrrole nitrogens is 1. The van der Waals surface area contributed by atoms with Crippen molar-refractivity contribution >= 4 is 39.2 Å². The lowest BCUT2D eigenvalue weighted by Gasteiger charge is -2.18. The highest BCUT2D eigenvalue weighted by molar-refractivity contribution is 6.31. The lowest BCUT2D eigenvalue weighted by atomic mass is 10.0. The fraction of sp³-hybridized carbons (Fsp3) is 0.138. The van der Waals surface area contributed by atoms with Crippen molar-refractivity contribution in [2.75, 3.05) is 0 Å². The molecule has 0 spiro atoms. The van der Waals surface area contributed by atoms with E-state index in [0.29, 0.717) is 30.3 Å². The number of aromatic nitrogens is 1. The number of carbonyl (C=O) groups is 1. The molecule has 1 heterocycles. The van der Waals surface area contributed by atoms with Crippen LogP contribution in [-0.4, -0.2) is 22.1 Å². The van der Waals surface area contributed by atoms with E-state index in [9.17, 15) is 9.90 Å². The number of rotatable bonds is 9. The number of carboxylic acid groups (broad SMARTS) is 1. The van der Waals surface area contributed by atoms with Crippen LogP contribution in [0.2, 0.25) is 5.02 Å². The Labute approximate surface area is 208 Å². The smallest absolute Gasteiger partial charge is 0.321 e. The molecule has 4 aromatic carbocycles. The minimum absolute atomic E-state index is 0.322. The summed E-state index contributed by atoms with van der Waals surface area (Å²) < 4.78 is 6.19. The number of halogens is 1. The average molecular weight is 485 g/mol. The Bertz CT molecular complexity index is 1490. The van der Waals surface area contributed by atoms with Gasteiger partial charge in [0.1, 0.15) is 18.4 Å². The van der Waals surface area contributed by atoms with E-state index in [1.54, 1.807) is 0 Å². The highest BCUT2D eigenvalue weighted by atomic mass is 35.5. The summed E-state index contributed by atoms with van der Waals surface area (Å²) in [4.78, 5) is 15.4. The van der Waals surface area contributed by atoms with Crippen LogP contribution in [0.1, 0.15) is 16.7 Å². The zero-order valence-corrected chi connectivity index (χ0v) is 19.8. The zero-order chi connectivity index (χ0) is 24.2. The first-order chi connectivity index (χ1) is 17.1. The Morgan fingerprint density at radius 3 is 2.49 bits per heavy atom. The molecule has 0 fully saturated rings. The van der Waals surface area contributed by atoms with Gasteiger partial charge < -0.3 is 14.8 Å². The Balaban J connectivity index is 1.40. The summed E-state index contributed by atoms with van der Waals surface area (Å²) in [6, 6.07) is 26.7. The van der Waals surface area contributed by atoms with Crippen molar-refractivity contribution in [3.05, 3.63) is 113 Å². The van der Waals surface area contributed by atoms with Crippen molar-refractivity contribution < 1.29 is 14.6 Å². The van der Waals surface area contributed by atoms with Crippen LogP contribution in [-0.2, 0) is 24.4 Å². The fourth-order valence-electron chi connectivity index (χ4n) is 4.40. The molecule has 0 radical (unpaired) electrons. The van der Waals surface area contributed by atoms with Crippen LogP contribution in [0.5, 0.6) is 5.75 Å². The van der Waals surface area contributed by atoms with E-state index < -0.39 is 12.0 Å². The van der Waals surface area contributed by atoms with Crippen molar-refractivity contribution in [1.82, 2.24) is 10.3 Å². The first-order valence-corrected chi connectivity index (χ1v) is 11.9. The second-order valence-electron chi connectivity index (χ2n) is 8.48. The maximum absolute atomic E-state index is 12.2. The van der Waals surface area contributed by atoms with Crippen LogP contribution in [0.15, 0.2) is 91.1 Å². The number of fused-ring (bicyclic) bond motifs is 2.